The Morgan fingerprint density at radius 2 is 1.96 bits per heavy atom. The lowest BCUT2D eigenvalue weighted by Gasteiger charge is -2.36. The third kappa shape index (κ3) is 5.40. The second-order valence-electron chi connectivity index (χ2n) is 6.11. The summed E-state index contributed by atoms with van der Waals surface area (Å²) in [5, 5.41) is 3.30. The molecule has 2 heterocycles. The first-order chi connectivity index (χ1) is 13.1. The van der Waals surface area contributed by atoms with Gasteiger partial charge in [0.1, 0.15) is 5.82 Å². The fourth-order valence-electron chi connectivity index (χ4n) is 3.07. The van der Waals surface area contributed by atoms with E-state index < -0.39 is 0 Å². The highest BCUT2D eigenvalue weighted by molar-refractivity contribution is 14.0. The van der Waals surface area contributed by atoms with Crippen molar-refractivity contribution >= 4 is 47.6 Å². The Kier molecular flexibility index (Phi) is 8.61. The Hall–Kier alpha value is -1.75. The molecule has 1 aliphatic heterocycles. The van der Waals surface area contributed by atoms with Gasteiger partial charge in [-0.15, -0.1) is 35.7 Å². The number of thioether (sulfide) groups is 1. The van der Waals surface area contributed by atoms with Crippen LogP contribution in [0.25, 0.3) is 0 Å². The summed E-state index contributed by atoms with van der Waals surface area (Å²) in [6.45, 7) is 3.02. The molecule has 0 saturated carbocycles. The zero-order valence-corrected chi connectivity index (χ0v) is 19.0. The summed E-state index contributed by atoms with van der Waals surface area (Å²) in [7, 11) is 1.73. The van der Waals surface area contributed by atoms with Crippen LogP contribution >= 0.6 is 35.7 Å². The lowest BCUT2D eigenvalue weighted by atomic mass is 10.2. The van der Waals surface area contributed by atoms with Crippen LogP contribution in [-0.2, 0) is 6.54 Å². The van der Waals surface area contributed by atoms with Gasteiger partial charge >= 0.3 is 0 Å². The maximum atomic E-state index is 13.6. The molecule has 6 nitrogen and oxygen atoms in total. The van der Waals surface area contributed by atoms with Crippen molar-refractivity contribution in [1.29, 1.82) is 0 Å². The number of halogens is 2. The van der Waals surface area contributed by atoms with E-state index >= 15 is 0 Å². The third-order valence-electron chi connectivity index (χ3n) is 4.49. The minimum Gasteiger partial charge on any atom is -0.459 e. The minimum absolute atomic E-state index is 0. The average Bonchev–Trinajstić information content (AvgIpc) is 3.23. The van der Waals surface area contributed by atoms with Crippen LogP contribution in [0.15, 0.2) is 50.9 Å². The van der Waals surface area contributed by atoms with Crippen LogP contribution < -0.4 is 5.32 Å². The number of furan rings is 1. The predicted molar refractivity (Wildman–Crippen MR) is 120 cm³/mol. The van der Waals surface area contributed by atoms with Gasteiger partial charge < -0.3 is 19.5 Å². The zero-order chi connectivity index (χ0) is 19.2. The Labute approximate surface area is 185 Å². The van der Waals surface area contributed by atoms with Gasteiger partial charge in [-0.1, -0.05) is 0 Å². The van der Waals surface area contributed by atoms with E-state index in [0.29, 0.717) is 38.5 Å². The normalized spacial score (nSPS) is 14.6. The molecule has 152 valence electrons. The zero-order valence-electron chi connectivity index (χ0n) is 15.9. The fraction of sp³-hybridized carbons (Fsp3) is 0.368. The van der Waals surface area contributed by atoms with Crippen molar-refractivity contribution in [3.63, 3.8) is 0 Å². The second-order valence-corrected chi connectivity index (χ2v) is 6.96. The Morgan fingerprint density at radius 1 is 1.25 bits per heavy atom. The van der Waals surface area contributed by atoms with E-state index in [1.54, 1.807) is 48.0 Å². The van der Waals surface area contributed by atoms with Crippen molar-refractivity contribution in [3.8, 4) is 0 Å². The lowest BCUT2D eigenvalue weighted by Crippen LogP contribution is -2.53. The maximum Gasteiger partial charge on any atom is 0.289 e. The molecule has 0 unspecified atom stereocenters. The average molecular weight is 518 g/mol. The molecule has 0 bridgehead atoms. The van der Waals surface area contributed by atoms with Gasteiger partial charge in [0.05, 0.1) is 6.26 Å². The molecule has 1 fully saturated rings. The quantitative estimate of drug-likeness (QED) is 0.292. The van der Waals surface area contributed by atoms with Crippen molar-refractivity contribution in [2.75, 3.05) is 39.5 Å². The molecule has 1 amide bonds. The number of piperazine rings is 1. The van der Waals surface area contributed by atoms with Gasteiger partial charge in [-0.2, -0.15) is 0 Å². The number of guanidine groups is 1. The van der Waals surface area contributed by atoms with E-state index in [0.717, 1.165) is 16.4 Å². The molecule has 1 N–H and O–H groups in total. The summed E-state index contributed by atoms with van der Waals surface area (Å²) < 4.78 is 18.7. The van der Waals surface area contributed by atoms with Crippen LogP contribution in [0.5, 0.6) is 0 Å². The number of benzene rings is 1. The molecule has 1 aromatic heterocycles. The van der Waals surface area contributed by atoms with Gasteiger partial charge in [-0.3, -0.25) is 9.79 Å². The van der Waals surface area contributed by atoms with Gasteiger partial charge in [0.15, 0.2) is 11.7 Å². The molecular formula is C19H24FIN4O2S. The predicted octanol–water partition coefficient (Wildman–Crippen LogP) is 3.29. The summed E-state index contributed by atoms with van der Waals surface area (Å²) in [5.74, 6) is 0.773. The largest absolute Gasteiger partial charge is 0.459 e. The maximum absolute atomic E-state index is 13.6. The number of aliphatic imine (C=N–C) groups is 1. The number of nitrogens with one attached hydrogen (secondary N) is 1. The van der Waals surface area contributed by atoms with E-state index in [1.807, 2.05) is 6.26 Å². The summed E-state index contributed by atoms with van der Waals surface area (Å²) in [6.07, 6.45) is 3.48. The molecule has 1 aromatic carbocycles. The number of hydrogen-bond acceptors (Lipinski definition) is 4. The molecular weight excluding hydrogens is 494 g/mol. The summed E-state index contributed by atoms with van der Waals surface area (Å²) in [4.78, 5) is 21.6. The molecule has 1 saturated heterocycles. The van der Waals surface area contributed by atoms with Crippen LogP contribution in [0.4, 0.5) is 4.39 Å². The highest BCUT2D eigenvalue weighted by atomic mass is 127. The van der Waals surface area contributed by atoms with E-state index in [9.17, 15) is 9.18 Å². The SMILES string of the molecule is CN=C(NCc1cc(F)ccc1SC)N1CCN(C(=O)c2ccco2)CC1.I. The van der Waals surface area contributed by atoms with E-state index in [1.165, 1.54) is 12.3 Å². The molecule has 0 spiro atoms. The van der Waals surface area contributed by atoms with Crippen molar-refractivity contribution < 1.29 is 13.6 Å². The highest BCUT2D eigenvalue weighted by Crippen LogP contribution is 2.21. The topological polar surface area (TPSA) is 61.1 Å². The smallest absolute Gasteiger partial charge is 0.289 e. The van der Waals surface area contributed by atoms with Gasteiger partial charge in [0, 0.05) is 44.7 Å². The second kappa shape index (κ2) is 10.7. The molecule has 3 rings (SSSR count). The number of rotatable bonds is 4. The van der Waals surface area contributed by atoms with Crippen LogP contribution in [-0.4, -0.2) is 61.1 Å². The number of carbonyl (C=O) groups is 1. The minimum atomic E-state index is -0.246. The number of nitrogens with zero attached hydrogens (tertiary/aromatic N) is 3. The van der Waals surface area contributed by atoms with Crippen LogP contribution in [0, 0.1) is 5.82 Å². The summed E-state index contributed by atoms with van der Waals surface area (Å²) >= 11 is 1.59. The molecule has 0 aliphatic carbocycles. The first kappa shape index (κ1) is 22.5. The van der Waals surface area contributed by atoms with Gasteiger partial charge in [0.2, 0.25) is 0 Å². The Morgan fingerprint density at radius 3 is 2.57 bits per heavy atom. The van der Waals surface area contributed by atoms with E-state index in [-0.39, 0.29) is 35.7 Å². The van der Waals surface area contributed by atoms with Crippen molar-refractivity contribution in [1.82, 2.24) is 15.1 Å². The van der Waals surface area contributed by atoms with Gasteiger partial charge in [-0.25, -0.2) is 4.39 Å². The standard InChI is InChI=1S/C19H23FN4O2S.HI/c1-21-19(22-13-14-12-15(20)5-6-17(14)27-2)24-9-7-23(8-10-24)18(25)16-4-3-11-26-16;/h3-6,11-12H,7-10,13H2,1-2H3,(H,21,22);1H. The highest BCUT2D eigenvalue weighted by Gasteiger charge is 2.25. The van der Waals surface area contributed by atoms with Crippen molar-refractivity contribution in [2.45, 2.75) is 11.4 Å². The molecule has 1 aliphatic rings. The number of amides is 1. The Balaban J connectivity index is 0.00000280. The molecule has 9 heteroatoms. The van der Waals surface area contributed by atoms with Crippen LogP contribution in [0.2, 0.25) is 0 Å². The van der Waals surface area contributed by atoms with E-state index in [4.69, 9.17) is 4.42 Å². The lowest BCUT2D eigenvalue weighted by molar-refractivity contribution is 0.0657. The van der Waals surface area contributed by atoms with Crippen LogP contribution in [0.1, 0.15) is 16.1 Å². The first-order valence-corrected chi connectivity index (χ1v) is 9.95. The summed E-state index contributed by atoms with van der Waals surface area (Å²) in [6, 6.07) is 8.20. The number of hydrogen-bond donors (Lipinski definition) is 1. The fourth-order valence-corrected chi connectivity index (χ4v) is 3.67. The Bertz CT molecular complexity index is 808. The first-order valence-electron chi connectivity index (χ1n) is 8.73. The van der Waals surface area contributed by atoms with Crippen molar-refractivity contribution in [2.24, 2.45) is 4.99 Å². The van der Waals surface area contributed by atoms with Crippen LogP contribution in [0.3, 0.4) is 0 Å². The molecule has 0 radical (unpaired) electrons. The molecule has 0 atom stereocenters. The number of carbonyl (C=O) groups excluding carboxylic acids is 1. The molecule has 2 aromatic rings. The third-order valence-corrected chi connectivity index (χ3v) is 5.33. The summed E-state index contributed by atoms with van der Waals surface area (Å²) in [5.41, 5.74) is 0.898. The van der Waals surface area contributed by atoms with E-state index in [2.05, 4.69) is 15.2 Å². The van der Waals surface area contributed by atoms with Gasteiger partial charge in [-0.05, 0) is 42.2 Å². The molecule has 28 heavy (non-hydrogen) atoms. The van der Waals surface area contributed by atoms with Crippen molar-refractivity contribution in [3.05, 3.63) is 53.7 Å². The van der Waals surface area contributed by atoms with Gasteiger partial charge in [0.25, 0.3) is 5.91 Å². The monoisotopic (exact) mass is 518 g/mol.